The van der Waals surface area contributed by atoms with Crippen LogP contribution >= 0.6 is 0 Å². The Morgan fingerprint density at radius 2 is 1.86 bits per heavy atom. The number of hydrogen-bond acceptors (Lipinski definition) is 4. The Labute approximate surface area is 162 Å². The van der Waals surface area contributed by atoms with Gasteiger partial charge in [-0.2, -0.15) is 13.2 Å². The van der Waals surface area contributed by atoms with Gasteiger partial charge in [0.15, 0.2) is 5.70 Å². The Kier molecular flexibility index (Phi) is 4.07. The summed E-state index contributed by atoms with van der Waals surface area (Å²) in [6.45, 7) is 7.37. The lowest BCUT2D eigenvalue weighted by Crippen LogP contribution is -2.42. The maximum atomic E-state index is 14.3. The highest BCUT2D eigenvalue weighted by Gasteiger charge is 2.64. The Hall–Kier alpha value is -2.44. The average molecular weight is 392 g/mol. The fourth-order valence-electron chi connectivity index (χ4n) is 4.76. The molecule has 1 saturated heterocycles. The second-order valence-electron chi connectivity index (χ2n) is 8.00. The summed E-state index contributed by atoms with van der Waals surface area (Å²) < 4.78 is 47.9. The predicted octanol–water partition coefficient (Wildman–Crippen LogP) is 4.73. The molecule has 2 atom stereocenters. The minimum absolute atomic E-state index is 0.0298. The Morgan fingerprint density at radius 1 is 1.21 bits per heavy atom. The van der Waals surface area contributed by atoms with E-state index in [1.165, 1.54) is 5.01 Å². The molecule has 0 bridgehead atoms. The van der Waals surface area contributed by atoms with Crippen molar-refractivity contribution in [1.29, 1.82) is 0 Å². The van der Waals surface area contributed by atoms with Crippen LogP contribution < -0.4 is 0 Å². The highest BCUT2D eigenvalue weighted by Crippen LogP contribution is 2.61. The zero-order valence-corrected chi connectivity index (χ0v) is 16.3. The molecule has 0 N–H and O–H groups in total. The SMILES string of the molecule is CCOC(=O)C1=C(C(F)(F)F)N2C(c3ccccc3)CC3=C(C)C(C)(C)C1N32. The number of ether oxygens (including phenoxy) is 1. The smallest absolute Gasteiger partial charge is 0.433 e. The van der Waals surface area contributed by atoms with Crippen molar-refractivity contribution < 1.29 is 22.7 Å². The van der Waals surface area contributed by atoms with Crippen LogP contribution in [0.1, 0.15) is 45.7 Å². The molecule has 150 valence electrons. The average Bonchev–Trinajstić information content (AvgIpc) is 3.22. The number of allylic oxidation sites excluding steroid dienone is 1. The number of benzene rings is 1. The van der Waals surface area contributed by atoms with Crippen molar-refractivity contribution in [2.75, 3.05) is 6.61 Å². The lowest BCUT2D eigenvalue weighted by molar-refractivity contribution is -0.141. The van der Waals surface area contributed by atoms with Gasteiger partial charge in [-0.15, -0.1) is 0 Å². The van der Waals surface area contributed by atoms with Crippen LogP contribution in [0.25, 0.3) is 0 Å². The second kappa shape index (κ2) is 6.03. The number of rotatable bonds is 3. The van der Waals surface area contributed by atoms with Crippen LogP contribution in [0, 0.1) is 5.41 Å². The predicted molar refractivity (Wildman–Crippen MR) is 97.5 cm³/mol. The highest BCUT2D eigenvalue weighted by molar-refractivity contribution is 5.92. The molecule has 4 nitrogen and oxygen atoms in total. The third-order valence-electron chi connectivity index (χ3n) is 6.22. The van der Waals surface area contributed by atoms with Crippen molar-refractivity contribution >= 4 is 5.97 Å². The number of nitrogens with zero attached hydrogens (tertiary/aromatic N) is 2. The molecule has 7 heteroatoms. The lowest BCUT2D eigenvalue weighted by Gasteiger charge is -2.36. The maximum Gasteiger partial charge on any atom is 0.433 e. The summed E-state index contributed by atoms with van der Waals surface area (Å²) in [5.74, 6) is -0.886. The van der Waals surface area contributed by atoms with E-state index >= 15 is 0 Å². The van der Waals surface area contributed by atoms with Gasteiger partial charge in [-0.05, 0) is 25.0 Å². The van der Waals surface area contributed by atoms with Crippen LogP contribution in [0.2, 0.25) is 0 Å². The molecule has 0 amide bonds. The topological polar surface area (TPSA) is 32.8 Å². The third kappa shape index (κ3) is 2.41. The van der Waals surface area contributed by atoms with Crippen molar-refractivity contribution in [2.45, 2.75) is 52.4 Å². The van der Waals surface area contributed by atoms with E-state index < -0.39 is 35.3 Å². The Morgan fingerprint density at radius 3 is 2.43 bits per heavy atom. The molecular weight excluding hydrogens is 369 g/mol. The lowest BCUT2D eigenvalue weighted by atomic mass is 9.77. The maximum absolute atomic E-state index is 14.3. The summed E-state index contributed by atoms with van der Waals surface area (Å²) in [6, 6.07) is 7.92. The van der Waals surface area contributed by atoms with Gasteiger partial charge in [0.05, 0.1) is 24.3 Å². The summed E-state index contributed by atoms with van der Waals surface area (Å²) in [5.41, 5.74) is 0.897. The number of hydrazine groups is 1. The van der Waals surface area contributed by atoms with Crippen LogP contribution in [0.5, 0.6) is 0 Å². The largest absolute Gasteiger partial charge is 0.463 e. The second-order valence-corrected chi connectivity index (χ2v) is 8.00. The molecule has 3 heterocycles. The summed E-state index contributed by atoms with van der Waals surface area (Å²) >= 11 is 0. The van der Waals surface area contributed by atoms with Crippen LogP contribution in [0.15, 0.2) is 52.9 Å². The summed E-state index contributed by atoms with van der Waals surface area (Å²) in [6.07, 6.45) is -4.19. The zero-order valence-electron chi connectivity index (χ0n) is 16.3. The number of halogens is 3. The molecule has 28 heavy (non-hydrogen) atoms. The summed E-state index contributed by atoms with van der Waals surface area (Å²) in [7, 11) is 0. The molecule has 1 fully saturated rings. The highest BCUT2D eigenvalue weighted by atomic mass is 19.4. The van der Waals surface area contributed by atoms with Gasteiger partial charge in [-0.25, -0.2) is 4.79 Å². The van der Waals surface area contributed by atoms with Gasteiger partial charge in [0.2, 0.25) is 0 Å². The monoisotopic (exact) mass is 392 g/mol. The molecule has 0 saturated carbocycles. The third-order valence-corrected chi connectivity index (χ3v) is 6.22. The molecule has 0 aromatic heterocycles. The summed E-state index contributed by atoms with van der Waals surface area (Å²) in [4.78, 5) is 12.7. The molecule has 1 aromatic carbocycles. The molecular formula is C21H23F3N2O2. The number of alkyl halides is 3. The van der Waals surface area contributed by atoms with Crippen molar-refractivity contribution in [3.8, 4) is 0 Å². The van der Waals surface area contributed by atoms with Crippen molar-refractivity contribution in [3.05, 3.63) is 58.4 Å². The van der Waals surface area contributed by atoms with Gasteiger partial charge in [0.25, 0.3) is 0 Å². The molecule has 3 aliphatic heterocycles. The van der Waals surface area contributed by atoms with E-state index in [2.05, 4.69) is 0 Å². The van der Waals surface area contributed by atoms with Gasteiger partial charge in [-0.1, -0.05) is 44.2 Å². The molecule has 0 aliphatic carbocycles. The number of carbonyl (C=O) groups excluding carboxylic acids is 1. The molecule has 3 aliphatic rings. The van der Waals surface area contributed by atoms with E-state index in [-0.39, 0.29) is 12.2 Å². The van der Waals surface area contributed by atoms with Gasteiger partial charge in [0.1, 0.15) is 0 Å². The molecule has 2 unspecified atom stereocenters. The van der Waals surface area contributed by atoms with Gasteiger partial charge in [0, 0.05) is 17.5 Å². The van der Waals surface area contributed by atoms with E-state index in [0.717, 1.165) is 16.8 Å². The van der Waals surface area contributed by atoms with E-state index in [0.29, 0.717) is 6.42 Å². The molecule has 4 rings (SSSR count). The normalized spacial score (nSPS) is 25.7. The quantitative estimate of drug-likeness (QED) is 0.697. The van der Waals surface area contributed by atoms with Crippen LogP contribution in [-0.4, -0.2) is 34.8 Å². The summed E-state index contributed by atoms with van der Waals surface area (Å²) in [5, 5.41) is 2.99. The minimum Gasteiger partial charge on any atom is -0.463 e. The van der Waals surface area contributed by atoms with Crippen molar-refractivity contribution in [2.24, 2.45) is 5.41 Å². The van der Waals surface area contributed by atoms with Crippen LogP contribution in [0.3, 0.4) is 0 Å². The standard InChI is InChI=1S/C21H23F3N2O2/c1-5-28-19(27)16-17-20(3,4)12(2)14-11-15(13-9-7-6-8-10-13)26(25(14)17)18(16)21(22,23)24/h6-10,15,17H,5,11H2,1-4H3. The first-order valence-electron chi connectivity index (χ1n) is 9.42. The van der Waals surface area contributed by atoms with Crippen molar-refractivity contribution in [3.63, 3.8) is 0 Å². The van der Waals surface area contributed by atoms with Gasteiger partial charge >= 0.3 is 12.1 Å². The first-order valence-corrected chi connectivity index (χ1v) is 9.42. The Balaban J connectivity index is 1.96. The van der Waals surface area contributed by atoms with E-state index in [4.69, 9.17) is 4.74 Å². The van der Waals surface area contributed by atoms with E-state index in [1.54, 1.807) is 11.9 Å². The van der Waals surface area contributed by atoms with Crippen LogP contribution in [0.4, 0.5) is 13.2 Å². The zero-order chi connectivity index (χ0) is 20.4. The van der Waals surface area contributed by atoms with Gasteiger partial charge < -0.3 is 4.74 Å². The first-order chi connectivity index (χ1) is 13.1. The van der Waals surface area contributed by atoms with Gasteiger partial charge in [-0.3, -0.25) is 10.0 Å². The number of hydrogen-bond donors (Lipinski definition) is 0. The van der Waals surface area contributed by atoms with E-state index in [9.17, 15) is 18.0 Å². The van der Waals surface area contributed by atoms with Crippen molar-refractivity contribution in [1.82, 2.24) is 10.0 Å². The van der Waals surface area contributed by atoms with Crippen LogP contribution in [-0.2, 0) is 9.53 Å². The molecule has 0 radical (unpaired) electrons. The minimum atomic E-state index is -4.67. The fraction of sp³-hybridized carbons (Fsp3) is 0.476. The number of carbonyl (C=O) groups is 1. The molecule has 0 spiro atoms. The van der Waals surface area contributed by atoms with E-state index in [1.807, 2.05) is 51.1 Å². The first kappa shape index (κ1) is 18.9. The Bertz CT molecular complexity index is 887. The number of esters is 1. The molecule has 1 aromatic rings. The fourth-order valence-corrected chi connectivity index (χ4v) is 4.76.